The Kier molecular flexibility index (Phi) is 29.6. The highest BCUT2D eigenvalue weighted by molar-refractivity contribution is 9.10. The third-order valence-electron chi connectivity index (χ3n) is 20.2. The number of nitrogens with zero attached hydrogens (tertiary/aromatic N) is 8. The number of methoxy groups -OCH3 is 1. The number of aromatic carboxylic acids is 1. The van der Waals surface area contributed by atoms with Crippen LogP contribution < -0.4 is 20.6 Å². The third-order valence-corrected chi connectivity index (χ3v) is 20.7. The fourth-order valence-corrected chi connectivity index (χ4v) is 13.9. The number of benzene rings is 9. The van der Waals surface area contributed by atoms with Gasteiger partial charge in [0.2, 0.25) is 0 Å². The van der Waals surface area contributed by atoms with Crippen LogP contribution in [0, 0.1) is 13.8 Å². The van der Waals surface area contributed by atoms with Crippen LogP contribution in [-0.2, 0) is 23.3 Å². The summed E-state index contributed by atoms with van der Waals surface area (Å²) >= 11 is 3.04. The van der Waals surface area contributed by atoms with Crippen molar-refractivity contribution in [1.29, 1.82) is 0 Å². The zero-order chi connectivity index (χ0) is 83.2. The van der Waals surface area contributed by atoms with E-state index in [-0.39, 0.29) is 11.5 Å². The molecule has 3 fully saturated rings. The Bertz CT molecular complexity index is 5340. The molecule has 0 saturated carbocycles. The first-order chi connectivity index (χ1) is 56.1. The number of carbonyl (C=O) groups excluding carboxylic acids is 1. The number of rotatable bonds is 11. The number of aryl methyl sites for hydroxylation is 2. The summed E-state index contributed by atoms with van der Waals surface area (Å²) in [7, 11) is 0.00774. The number of piperidine rings is 3. The molecule has 602 valence electrons. The van der Waals surface area contributed by atoms with Crippen LogP contribution in [-0.4, -0.2) is 110 Å². The average molecular weight is 1660 g/mol. The lowest BCUT2D eigenvalue weighted by atomic mass is 9.81. The van der Waals surface area contributed by atoms with E-state index in [1.54, 1.807) is 79.1 Å². The van der Waals surface area contributed by atoms with Gasteiger partial charge < -0.3 is 35.0 Å². The van der Waals surface area contributed by atoms with Crippen molar-refractivity contribution >= 4 is 74.2 Å². The lowest BCUT2D eigenvalue weighted by Gasteiger charge is -2.34. The number of carboxylic acids is 1. The average Bonchev–Trinajstić information content (AvgIpc) is 0.777. The lowest BCUT2D eigenvalue weighted by molar-refractivity contribution is -0.138. The van der Waals surface area contributed by atoms with Crippen LogP contribution >= 0.6 is 15.9 Å². The van der Waals surface area contributed by atoms with E-state index in [2.05, 4.69) is 116 Å². The number of carboxylic acid groups (broad SMARTS) is 1. The Morgan fingerprint density at radius 2 is 0.786 bits per heavy atom. The summed E-state index contributed by atoms with van der Waals surface area (Å²) in [5.74, 6) is 1.88. The van der Waals surface area contributed by atoms with Gasteiger partial charge in [-0.25, -0.2) is 29.5 Å². The normalized spacial score (nSPS) is 14.0. The molecule has 3 aliphatic rings. The quantitative estimate of drug-likeness (QED) is 0.0541. The summed E-state index contributed by atoms with van der Waals surface area (Å²) in [4.78, 5) is 55.5. The molecule has 3 saturated heterocycles. The first-order valence-electron chi connectivity index (χ1n) is 37.9. The van der Waals surface area contributed by atoms with Gasteiger partial charge in [-0.3, -0.25) is 9.97 Å². The molecule has 7 heterocycles. The van der Waals surface area contributed by atoms with Crippen molar-refractivity contribution in [2.75, 3.05) is 56.2 Å². The second-order valence-corrected chi connectivity index (χ2v) is 29.1. The van der Waals surface area contributed by atoms with Crippen LogP contribution in [0.15, 0.2) is 272 Å². The molecular formula is C91H84BBrF9N9O6. The maximum atomic E-state index is 12.4. The van der Waals surface area contributed by atoms with Gasteiger partial charge in [-0.2, -0.15) is 39.5 Å². The number of anilines is 2. The number of hydrogen-bond donors (Lipinski definition) is 4. The van der Waals surface area contributed by atoms with Crippen molar-refractivity contribution in [3.05, 3.63) is 328 Å². The van der Waals surface area contributed by atoms with Gasteiger partial charge in [0, 0.05) is 66.6 Å². The van der Waals surface area contributed by atoms with Crippen LogP contribution in [0.5, 0.6) is 0 Å². The molecule has 26 heteroatoms. The minimum absolute atomic E-state index is 0.225. The van der Waals surface area contributed by atoms with Gasteiger partial charge in [0.15, 0.2) is 11.6 Å². The molecule has 117 heavy (non-hydrogen) atoms. The standard InChI is InChI=1S/C28H27N3O2.C27H25N3O2.C12H14F3N.C12H8F3N.C7H4BrF3.C5H6BNO2/c1-19-8-10-20(11-9-19)21-14-16-31(17-15-21)27-26(22-6-4-3-5-7-22)29-24-13-12-23(28(32)33-2)18-25(24)30-27;1-18-7-9-19(10-8-18)20-13-15-30(16-14-20)26-25(21-5-3-2-4-6-21)28-23-12-11-22(27(31)32)17-24(23)29-26;2*13-12(14,15)11-3-1-9(2-4-11)10-5-7-16-8-6-10;8-6-3-1-5(2-4-6)7(9,10)11;8-6(9)5-1-3-7-4-2-5/h3-13,18,21H,14-17H2,1-2H3;2-12,17,20H,13-16H2,1H3,(H,31,32);1-4,10,16H,5-8H2;1-8H;1-4H;1-4,8-9H. The Morgan fingerprint density at radius 3 is 1.17 bits per heavy atom. The highest BCUT2D eigenvalue weighted by Gasteiger charge is 2.33. The first kappa shape index (κ1) is 86.2. The molecule has 13 aromatic rings. The van der Waals surface area contributed by atoms with Crippen molar-refractivity contribution in [1.82, 2.24) is 35.2 Å². The largest absolute Gasteiger partial charge is 0.488 e. The molecule has 0 atom stereocenters. The molecule has 16 rings (SSSR count). The lowest BCUT2D eigenvalue weighted by Crippen LogP contribution is -2.34. The summed E-state index contributed by atoms with van der Waals surface area (Å²) < 4.78 is 115. The maximum Gasteiger partial charge on any atom is 0.488 e. The van der Waals surface area contributed by atoms with Crippen molar-refractivity contribution in [3.8, 4) is 33.6 Å². The molecule has 0 bridgehead atoms. The highest BCUT2D eigenvalue weighted by Crippen LogP contribution is 2.40. The van der Waals surface area contributed by atoms with Gasteiger partial charge in [-0.15, -0.1) is 0 Å². The summed E-state index contributed by atoms with van der Waals surface area (Å²) in [6.45, 7) is 9.74. The monoisotopic (exact) mass is 1660 g/mol. The Balaban J connectivity index is 0.000000147. The maximum absolute atomic E-state index is 12.4. The molecule has 9 aromatic carbocycles. The molecule has 0 unspecified atom stereocenters. The van der Waals surface area contributed by atoms with Crippen LogP contribution in [0.25, 0.3) is 55.7 Å². The number of alkyl halides is 9. The van der Waals surface area contributed by atoms with Gasteiger partial charge in [0.1, 0.15) is 11.4 Å². The number of esters is 1. The second-order valence-electron chi connectivity index (χ2n) is 28.2. The van der Waals surface area contributed by atoms with Crippen LogP contribution in [0.4, 0.5) is 51.1 Å². The first-order valence-corrected chi connectivity index (χ1v) is 38.7. The Hall–Kier alpha value is -11.7. The molecule has 0 aliphatic carbocycles. The van der Waals surface area contributed by atoms with Gasteiger partial charge in [0.25, 0.3) is 0 Å². The van der Waals surface area contributed by atoms with Crippen LogP contribution in [0.3, 0.4) is 0 Å². The molecule has 15 nitrogen and oxygen atoms in total. The highest BCUT2D eigenvalue weighted by atomic mass is 79.9. The SMILES string of the molecule is COC(=O)c1ccc2nc(-c3ccccc3)c(N3CCC(c4ccc(C)cc4)CC3)nc2c1.Cc1ccc(C2CCN(c3nc4cc(C(=O)O)ccc4nc3-c3ccccc3)CC2)cc1.FC(F)(F)c1ccc(-c2ccncc2)cc1.FC(F)(F)c1ccc(Br)cc1.FC(F)(F)c1ccc(C2CCNCC2)cc1.OB(O)c1ccncc1. The molecule has 0 spiro atoms. The van der Waals surface area contributed by atoms with Crippen molar-refractivity contribution in [3.63, 3.8) is 0 Å². The fraction of sp³-hybridized carbons (Fsp3) is 0.231. The van der Waals surface area contributed by atoms with E-state index >= 15 is 0 Å². The molecule has 4 aromatic heterocycles. The molecule has 4 N–H and O–H groups in total. The van der Waals surface area contributed by atoms with Gasteiger partial charge in [-0.05, 0) is 226 Å². The number of hydrogen-bond acceptors (Lipinski definition) is 14. The van der Waals surface area contributed by atoms with E-state index in [0.717, 1.165) is 158 Å². The van der Waals surface area contributed by atoms with Crippen LogP contribution in [0.1, 0.15) is 122 Å². The van der Waals surface area contributed by atoms with E-state index in [1.807, 2.05) is 54.6 Å². The fourth-order valence-electron chi connectivity index (χ4n) is 13.7. The number of halogens is 10. The number of aromatic nitrogens is 6. The summed E-state index contributed by atoms with van der Waals surface area (Å²) in [6.07, 6.45) is -0.277. The van der Waals surface area contributed by atoms with Crippen molar-refractivity contribution in [2.24, 2.45) is 0 Å². The van der Waals surface area contributed by atoms with Crippen molar-refractivity contribution in [2.45, 2.75) is 88.7 Å². The molecular weight excluding hydrogens is 1580 g/mol. The number of pyridine rings is 2. The predicted molar refractivity (Wildman–Crippen MR) is 443 cm³/mol. The van der Waals surface area contributed by atoms with Gasteiger partial charge in [-0.1, -0.05) is 161 Å². The molecule has 3 aliphatic heterocycles. The summed E-state index contributed by atoms with van der Waals surface area (Å²) in [5, 5.41) is 29.7. The van der Waals surface area contributed by atoms with Gasteiger partial charge >= 0.3 is 37.6 Å². The van der Waals surface area contributed by atoms with Crippen molar-refractivity contribution < 1.29 is 69.0 Å². The Morgan fingerprint density at radius 1 is 0.427 bits per heavy atom. The van der Waals surface area contributed by atoms with E-state index in [9.17, 15) is 54.2 Å². The number of fused-ring (bicyclic) bond motifs is 2. The number of ether oxygens (including phenoxy) is 1. The van der Waals surface area contributed by atoms with E-state index in [4.69, 9.17) is 34.7 Å². The molecule has 0 radical (unpaired) electrons. The topological polar surface area (TPSA) is 200 Å². The zero-order valence-electron chi connectivity index (χ0n) is 64.1. The minimum Gasteiger partial charge on any atom is -0.478 e. The zero-order valence-corrected chi connectivity index (χ0v) is 65.7. The van der Waals surface area contributed by atoms with E-state index in [0.29, 0.717) is 49.8 Å². The minimum atomic E-state index is -4.28. The van der Waals surface area contributed by atoms with Crippen LogP contribution in [0.2, 0.25) is 0 Å². The third kappa shape index (κ3) is 24.2. The second kappa shape index (κ2) is 40.2. The predicted octanol–water partition coefficient (Wildman–Crippen LogP) is 20.6. The van der Waals surface area contributed by atoms with Gasteiger partial charge in [0.05, 0.1) is 57.0 Å². The molecule has 0 amide bonds. The summed E-state index contributed by atoms with van der Waals surface area (Å²) in [5.41, 5.74) is 13.9. The summed E-state index contributed by atoms with van der Waals surface area (Å²) in [6, 6.07) is 70.4. The Labute approximate surface area is 680 Å². The van der Waals surface area contributed by atoms with E-state index in [1.165, 1.54) is 78.2 Å². The number of carbonyl (C=O) groups is 2. The number of nitrogens with one attached hydrogen (secondary N) is 1. The smallest absolute Gasteiger partial charge is 0.478 e. The van der Waals surface area contributed by atoms with E-state index < -0.39 is 48.3 Å².